The van der Waals surface area contributed by atoms with Gasteiger partial charge in [-0.15, -0.1) is 0 Å². The quantitative estimate of drug-likeness (QED) is 0.644. The van der Waals surface area contributed by atoms with E-state index in [4.69, 9.17) is 14.6 Å². The Bertz CT molecular complexity index is 968. The number of benzene rings is 3. The van der Waals surface area contributed by atoms with Gasteiger partial charge in [0.15, 0.2) is 0 Å². The van der Waals surface area contributed by atoms with Crippen LogP contribution in [0.15, 0.2) is 72.8 Å². The number of anilines is 1. The largest absolute Gasteiger partial charge is 0.496 e. The predicted molar refractivity (Wildman–Crippen MR) is 106 cm³/mol. The molecule has 3 aromatic rings. The molecule has 2 N–H and O–H groups in total. The number of hydrogen-bond acceptors (Lipinski definition) is 4. The van der Waals surface area contributed by atoms with E-state index in [9.17, 15) is 9.59 Å². The summed E-state index contributed by atoms with van der Waals surface area (Å²) >= 11 is 0. The van der Waals surface area contributed by atoms with Crippen molar-refractivity contribution in [3.63, 3.8) is 0 Å². The first-order valence-corrected chi connectivity index (χ1v) is 8.56. The molecule has 1 amide bonds. The van der Waals surface area contributed by atoms with Crippen LogP contribution in [-0.2, 0) is 11.3 Å². The van der Waals surface area contributed by atoms with Crippen LogP contribution in [0, 0.1) is 0 Å². The van der Waals surface area contributed by atoms with E-state index in [0.29, 0.717) is 5.69 Å². The first-order valence-electron chi connectivity index (χ1n) is 8.56. The Kier molecular flexibility index (Phi) is 5.91. The van der Waals surface area contributed by atoms with Crippen LogP contribution in [0.1, 0.15) is 15.9 Å². The van der Waals surface area contributed by atoms with E-state index in [0.717, 1.165) is 16.7 Å². The van der Waals surface area contributed by atoms with Crippen molar-refractivity contribution in [2.75, 3.05) is 12.4 Å². The minimum atomic E-state index is -1.04. The third-order valence-corrected chi connectivity index (χ3v) is 4.11. The molecule has 0 fully saturated rings. The third-order valence-electron chi connectivity index (χ3n) is 4.11. The number of carbonyl (C=O) groups excluding carboxylic acids is 1. The van der Waals surface area contributed by atoms with Gasteiger partial charge in [-0.1, -0.05) is 48.5 Å². The predicted octanol–water partition coefficient (Wildman–Crippen LogP) is 4.81. The van der Waals surface area contributed by atoms with Crippen LogP contribution in [0.25, 0.3) is 11.1 Å². The molecule has 3 aromatic carbocycles. The van der Waals surface area contributed by atoms with E-state index in [-0.39, 0.29) is 17.9 Å². The van der Waals surface area contributed by atoms with Crippen LogP contribution in [0.3, 0.4) is 0 Å². The lowest BCUT2D eigenvalue weighted by Crippen LogP contribution is -2.13. The van der Waals surface area contributed by atoms with Gasteiger partial charge in [-0.2, -0.15) is 0 Å². The van der Waals surface area contributed by atoms with Crippen LogP contribution in [0.5, 0.6) is 5.75 Å². The molecule has 3 rings (SSSR count). The number of methoxy groups -OCH3 is 1. The second kappa shape index (κ2) is 8.73. The Morgan fingerprint density at radius 1 is 0.929 bits per heavy atom. The first kappa shape index (κ1) is 19.0. The van der Waals surface area contributed by atoms with Gasteiger partial charge in [-0.05, 0) is 41.0 Å². The van der Waals surface area contributed by atoms with E-state index in [1.54, 1.807) is 24.3 Å². The summed E-state index contributed by atoms with van der Waals surface area (Å²) in [6, 6.07) is 21.4. The third kappa shape index (κ3) is 4.67. The zero-order valence-electron chi connectivity index (χ0n) is 15.2. The molecule has 0 aliphatic heterocycles. The fourth-order valence-corrected chi connectivity index (χ4v) is 2.67. The Balaban J connectivity index is 1.65. The van der Waals surface area contributed by atoms with Crippen molar-refractivity contribution < 1.29 is 24.2 Å². The van der Waals surface area contributed by atoms with Crippen LogP contribution >= 0.6 is 0 Å². The van der Waals surface area contributed by atoms with Gasteiger partial charge in [0.25, 0.3) is 0 Å². The standard InChI is InChI=1S/C22H19NO5/c1-27-20-13-17(9-12-19(20)21(24)25)16-7-10-18(11-8-16)23-22(26)28-14-15-5-3-2-4-6-15/h2-13H,14H2,1H3,(H,23,26)(H,24,25). The highest BCUT2D eigenvalue weighted by Gasteiger charge is 2.12. The number of nitrogens with one attached hydrogen (secondary N) is 1. The number of carboxylic acid groups (broad SMARTS) is 1. The van der Waals surface area contributed by atoms with Crippen LogP contribution in [-0.4, -0.2) is 24.3 Å². The van der Waals surface area contributed by atoms with Crippen molar-refractivity contribution in [1.29, 1.82) is 0 Å². The second-order valence-electron chi connectivity index (χ2n) is 5.98. The molecule has 0 aliphatic rings. The van der Waals surface area contributed by atoms with E-state index >= 15 is 0 Å². The van der Waals surface area contributed by atoms with E-state index in [1.165, 1.54) is 13.2 Å². The van der Waals surface area contributed by atoms with Crippen LogP contribution < -0.4 is 10.1 Å². The minimum absolute atomic E-state index is 0.102. The Morgan fingerprint density at radius 3 is 2.25 bits per heavy atom. The molecule has 6 heteroatoms. The molecule has 142 valence electrons. The lowest BCUT2D eigenvalue weighted by atomic mass is 10.0. The first-order chi connectivity index (χ1) is 13.6. The molecule has 0 atom stereocenters. The summed E-state index contributed by atoms with van der Waals surface area (Å²) in [4.78, 5) is 23.1. The minimum Gasteiger partial charge on any atom is -0.496 e. The van der Waals surface area contributed by atoms with Crippen molar-refractivity contribution in [1.82, 2.24) is 0 Å². The summed E-state index contributed by atoms with van der Waals surface area (Å²) in [5, 5.41) is 11.8. The van der Waals surface area contributed by atoms with Gasteiger partial charge in [0, 0.05) is 5.69 Å². The SMILES string of the molecule is COc1cc(-c2ccc(NC(=O)OCc3ccccc3)cc2)ccc1C(=O)O. The molecule has 0 spiro atoms. The number of carbonyl (C=O) groups is 2. The summed E-state index contributed by atoms with van der Waals surface area (Å²) in [5.74, 6) is -0.756. The zero-order chi connectivity index (χ0) is 19.9. The normalized spacial score (nSPS) is 10.2. The van der Waals surface area contributed by atoms with Gasteiger partial charge in [0.1, 0.15) is 17.9 Å². The number of ether oxygens (including phenoxy) is 2. The number of rotatable bonds is 6. The summed E-state index contributed by atoms with van der Waals surface area (Å²) in [6.07, 6.45) is -0.538. The highest BCUT2D eigenvalue weighted by atomic mass is 16.5. The smallest absolute Gasteiger partial charge is 0.411 e. The fraction of sp³-hybridized carbons (Fsp3) is 0.0909. The van der Waals surface area contributed by atoms with E-state index in [1.807, 2.05) is 42.5 Å². The highest BCUT2D eigenvalue weighted by Crippen LogP contribution is 2.28. The molecule has 0 saturated heterocycles. The Hall–Kier alpha value is -3.80. The maximum absolute atomic E-state index is 11.9. The van der Waals surface area contributed by atoms with Gasteiger partial charge < -0.3 is 14.6 Å². The van der Waals surface area contributed by atoms with Crippen molar-refractivity contribution in [3.8, 4) is 16.9 Å². The van der Waals surface area contributed by atoms with Crippen molar-refractivity contribution in [3.05, 3.63) is 83.9 Å². The monoisotopic (exact) mass is 377 g/mol. The van der Waals surface area contributed by atoms with Gasteiger partial charge >= 0.3 is 12.1 Å². The van der Waals surface area contributed by atoms with Gasteiger partial charge in [-0.3, -0.25) is 5.32 Å². The number of carboxylic acids is 1. The van der Waals surface area contributed by atoms with Crippen molar-refractivity contribution in [2.45, 2.75) is 6.61 Å². The molecule has 0 bridgehead atoms. The molecule has 0 saturated carbocycles. The Morgan fingerprint density at radius 2 is 1.61 bits per heavy atom. The molecule has 0 aliphatic carbocycles. The maximum Gasteiger partial charge on any atom is 0.411 e. The summed E-state index contributed by atoms with van der Waals surface area (Å²) < 4.78 is 10.3. The van der Waals surface area contributed by atoms with Gasteiger partial charge in [0.2, 0.25) is 0 Å². The average molecular weight is 377 g/mol. The molecular weight excluding hydrogens is 358 g/mol. The highest BCUT2D eigenvalue weighted by molar-refractivity contribution is 5.92. The molecule has 6 nitrogen and oxygen atoms in total. The average Bonchev–Trinajstić information content (AvgIpc) is 2.73. The van der Waals surface area contributed by atoms with Crippen molar-refractivity contribution >= 4 is 17.7 Å². The molecule has 0 unspecified atom stereocenters. The summed E-state index contributed by atoms with van der Waals surface area (Å²) in [6.45, 7) is 0.195. The van der Waals surface area contributed by atoms with E-state index in [2.05, 4.69) is 5.32 Å². The summed E-state index contributed by atoms with van der Waals surface area (Å²) in [7, 11) is 1.43. The second-order valence-corrected chi connectivity index (χ2v) is 5.98. The summed E-state index contributed by atoms with van der Waals surface area (Å²) in [5.41, 5.74) is 3.27. The van der Waals surface area contributed by atoms with Crippen LogP contribution in [0.4, 0.5) is 10.5 Å². The van der Waals surface area contributed by atoms with Crippen molar-refractivity contribution in [2.24, 2.45) is 0 Å². The Labute approximate surface area is 162 Å². The fourth-order valence-electron chi connectivity index (χ4n) is 2.67. The molecule has 0 radical (unpaired) electrons. The number of aromatic carboxylic acids is 1. The molecule has 0 heterocycles. The van der Waals surface area contributed by atoms with Gasteiger partial charge in [-0.25, -0.2) is 9.59 Å². The van der Waals surface area contributed by atoms with Crippen LogP contribution in [0.2, 0.25) is 0 Å². The maximum atomic E-state index is 11.9. The van der Waals surface area contributed by atoms with Gasteiger partial charge in [0.05, 0.1) is 7.11 Å². The molecule has 0 aromatic heterocycles. The number of amides is 1. The van der Waals surface area contributed by atoms with E-state index < -0.39 is 12.1 Å². The topological polar surface area (TPSA) is 84.9 Å². The lowest BCUT2D eigenvalue weighted by Gasteiger charge is -2.10. The lowest BCUT2D eigenvalue weighted by molar-refractivity contribution is 0.0693. The molecular formula is C22H19NO5. The number of hydrogen-bond donors (Lipinski definition) is 2. The zero-order valence-corrected chi connectivity index (χ0v) is 15.2. The molecule has 28 heavy (non-hydrogen) atoms.